The zero-order chi connectivity index (χ0) is 13.2. The molecule has 3 heterocycles. The number of fused-ring (bicyclic) bond motifs is 1. The van der Waals surface area contributed by atoms with E-state index in [0.717, 1.165) is 45.5 Å². The SMILES string of the molecule is CCCCc1nn2c(CO)c(-c3cccs3)nc2s1. The number of thiophene rings is 1. The average Bonchev–Trinajstić information content (AvgIpc) is 3.10. The van der Waals surface area contributed by atoms with E-state index in [1.807, 2.05) is 17.5 Å². The molecular weight excluding hydrogens is 278 g/mol. The summed E-state index contributed by atoms with van der Waals surface area (Å²) < 4.78 is 1.80. The van der Waals surface area contributed by atoms with E-state index in [2.05, 4.69) is 17.0 Å². The summed E-state index contributed by atoms with van der Waals surface area (Å²) in [4.78, 5) is 6.58. The standard InChI is InChI=1S/C13H15N3OS2/c1-2-3-6-11-15-16-9(8-17)12(14-13(16)19-11)10-5-4-7-18-10/h4-5,7,17H,2-3,6,8H2,1H3. The lowest BCUT2D eigenvalue weighted by atomic mass is 10.3. The first-order chi connectivity index (χ1) is 9.33. The minimum atomic E-state index is -0.0364. The summed E-state index contributed by atoms with van der Waals surface area (Å²) in [6, 6.07) is 4.02. The van der Waals surface area contributed by atoms with Crippen LogP contribution in [0.5, 0.6) is 0 Å². The van der Waals surface area contributed by atoms with E-state index in [9.17, 15) is 5.11 Å². The van der Waals surface area contributed by atoms with E-state index in [1.165, 1.54) is 0 Å². The molecule has 0 radical (unpaired) electrons. The highest BCUT2D eigenvalue weighted by molar-refractivity contribution is 7.16. The Bertz CT molecular complexity index is 669. The van der Waals surface area contributed by atoms with E-state index in [1.54, 1.807) is 27.2 Å². The van der Waals surface area contributed by atoms with Gasteiger partial charge in [0, 0.05) is 6.42 Å². The molecule has 19 heavy (non-hydrogen) atoms. The van der Waals surface area contributed by atoms with Crippen molar-refractivity contribution in [1.29, 1.82) is 0 Å². The van der Waals surface area contributed by atoms with Crippen LogP contribution < -0.4 is 0 Å². The highest BCUT2D eigenvalue weighted by atomic mass is 32.1. The van der Waals surface area contributed by atoms with Crippen LogP contribution in [0.3, 0.4) is 0 Å². The van der Waals surface area contributed by atoms with Gasteiger partial charge in [-0.05, 0) is 17.9 Å². The number of nitrogens with zero attached hydrogens (tertiary/aromatic N) is 3. The van der Waals surface area contributed by atoms with Gasteiger partial charge in [-0.1, -0.05) is 30.7 Å². The number of hydrogen-bond donors (Lipinski definition) is 1. The largest absolute Gasteiger partial charge is 0.390 e. The Morgan fingerprint density at radius 1 is 1.42 bits per heavy atom. The first-order valence-corrected chi connectivity index (χ1v) is 8.05. The van der Waals surface area contributed by atoms with Crippen molar-refractivity contribution in [2.45, 2.75) is 32.8 Å². The Balaban J connectivity index is 2.04. The normalized spacial score (nSPS) is 11.5. The van der Waals surface area contributed by atoms with Gasteiger partial charge in [0.15, 0.2) is 0 Å². The molecule has 0 saturated heterocycles. The molecule has 0 amide bonds. The number of aliphatic hydroxyl groups is 1. The monoisotopic (exact) mass is 293 g/mol. The molecular formula is C13H15N3OS2. The van der Waals surface area contributed by atoms with Crippen LogP contribution in [0.15, 0.2) is 17.5 Å². The van der Waals surface area contributed by atoms with E-state index in [4.69, 9.17) is 0 Å². The molecule has 0 saturated carbocycles. The zero-order valence-electron chi connectivity index (χ0n) is 10.7. The van der Waals surface area contributed by atoms with E-state index < -0.39 is 0 Å². The maximum absolute atomic E-state index is 9.60. The smallest absolute Gasteiger partial charge is 0.213 e. The summed E-state index contributed by atoms with van der Waals surface area (Å²) >= 11 is 3.25. The average molecular weight is 293 g/mol. The molecule has 0 aliphatic carbocycles. The first kappa shape index (κ1) is 12.8. The predicted molar refractivity (Wildman–Crippen MR) is 78.7 cm³/mol. The van der Waals surface area contributed by atoms with Crippen LogP contribution in [-0.4, -0.2) is 19.7 Å². The molecule has 100 valence electrons. The minimum absolute atomic E-state index is 0.0364. The van der Waals surface area contributed by atoms with Crippen LogP contribution >= 0.6 is 22.7 Å². The summed E-state index contributed by atoms with van der Waals surface area (Å²) in [5.74, 6) is 0. The highest BCUT2D eigenvalue weighted by Crippen LogP contribution is 2.30. The maximum Gasteiger partial charge on any atom is 0.213 e. The molecule has 6 heteroatoms. The summed E-state index contributed by atoms with van der Waals surface area (Å²) in [6.45, 7) is 2.14. The minimum Gasteiger partial charge on any atom is -0.390 e. The highest BCUT2D eigenvalue weighted by Gasteiger charge is 2.17. The van der Waals surface area contributed by atoms with Gasteiger partial charge in [-0.15, -0.1) is 11.3 Å². The van der Waals surface area contributed by atoms with Crippen LogP contribution in [-0.2, 0) is 13.0 Å². The topological polar surface area (TPSA) is 50.4 Å². The quantitative estimate of drug-likeness (QED) is 0.785. The van der Waals surface area contributed by atoms with Crippen molar-refractivity contribution in [3.05, 3.63) is 28.2 Å². The maximum atomic E-state index is 9.60. The van der Waals surface area contributed by atoms with Crippen LogP contribution in [0.4, 0.5) is 0 Å². The molecule has 0 aromatic carbocycles. The Kier molecular flexibility index (Phi) is 3.63. The van der Waals surface area contributed by atoms with E-state index in [0.29, 0.717) is 0 Å². The second kappa shape index (κ2) is 5.40. The van der Waals surface area contributed by atoms with Gasteiger partial charge in [0.25, 0.3) is 0 Å². The number of hydrogen-bond acceptors (Lipinski definition) is 5. The molecule has 0 fully saturated rings. The van der Waals surface area contributed by atoms with Gasteiger partial charge < -0.3 is 5.11 Å². The molecule has 3 aromatic heterocycles. The summed E-state index contributed by atoms with van der Waals surface area (Å²) in [7, 11) is 0. The second-order valence-electron chi connectivity index (χ2n) is 4.34. The number of aryl methyl sites for hydroxylation is 1. The number of aliphatic hydroxyl groups excluding tert-OH is 1. The predicted octanol–water partition coefficient (Wildman–Crippen LogP) is 3.35. The Morgan fingerprint density at radius 2 is 2.32 bits per heavy atom. The third-order valence-corrected chi connectivity index (χ3v) is 4.83. The van der Waals surface area contributed by atoms with Gasteiger partial charge in [0.05, 0.1) is 17.2 Å². The lowest BCUT2D eigenvalue weighted by Crippen LogP contribution is -1.96. The molecule has 0 spiro atoms. The van der Waals surface area contributed by atoms with Crippen LogP contribution in [0, 0.1) is 0 Å². The number of aromatic nitrogens is 3. The van der Waals surface area contributed by atoms with Crippen LogP contribution in [0.1, 0.15) is 30.5 Å². The summed E-state index contributed by atoms with van der Waals surface area (Å²) in [6.07, 6.45) is 3.29. The lowest BCUT2D eigenvalue weighted by molar-refractivity contribution is 0.275. The van der Waals surface area contributed by atoms with Crippen molar-refractivity contribution in [3.63, 3.8) is 0 Å². The fourth-order valence-corrected chi connectivity index (χ4v) is 3.70. The Hall–Kier alpha value is -1.24. The summed E-state index contributed by atoms with van der Waals surface area (Å²) in [5, 5.41) is 17.3. The van der Waals surface area contributed by atoms with Crippen molar-refractivity contribution >= 4 is 27.6 Å². The van der Waals surface area contributed by atoms with Crippen molar-refractivity contribution in [1.82, 2.24) is 14.6 Å². The second-order valence-corrected chi connectivity index (χ2v) is 6.32. The molecule has 3 rings (SSSR count). The lowest BCUT2D eigenvalue weighted by Gasteiger charge is -1.97. The third-order valence-electron chi connectivity index (χ3n) is 2.99. The number of rotatable bonds is 5. The van der Waals surface area contributed by atoms with Crippen molar-refractivity contribution in [2.24, 2.45) is 0 Å². The fourth-order valence-electron chi connectivity index (χ4n) is 2.01. The van der Waals surface area contributed by atoms with Crippen molar-refractivity contribution in [2.75, 3.05) is 0 Å². The van der Waals surface area contributed by atoms with E-state index >= 15 is 0 Å². The van der Waals surface area contributed by atoms with Crippen LogP contribution in [0.25, 0.3) is 15.5 Å². The van der Waals surface area contributed by atoms with E-state index in [-0.39, 0.29) is 6.61 Å². The van der Waals surface area contributed by atoms with Gasteiger partial charge in [0.1, 0.15) is 10.7 Å². The summed E-state index contributed by atoms with van der Waals surface area (Å²) in [5.41, 5.74) is 1.65. The Morgan fingerprint density at radius 3 is 3.00 bits per heavy atom. The molecule has 3 aromatic rings. The number of imidazole rings is 1. The first-order valence-electron chi connectivity index (χ1n) is 6.35. The molecule has 1 N–H and O–H groups in total. The Labute approximate surface area is 119 Å². The third kappa shape index (κ3) is 2.31. The van der Waals surface area contributed by atoms with Crippen LogP contribution in [0.2, 0.25) is 0 Å². The van der Waals surface area contributed by atoms with Gasteiger partial charge in [-0.3, -0.25) is 0 Å². The molecule has 0 aliphatic rings. The van der Waals surface area contributed by atoms with Crippen molar-refractivity contribution in [3.8, 4) is 10.6 Å². The number of unbranched alkanes of at least 4 members (excludes halogenated alkanes) is 1. The van der Waals surface area contributed by atoms with Gasteiger partial charge in [-0.2, -0.15) is 5.10 Å². The molecule has 0 atom stereocenters. The molecule has 0 unspecified atom stereocenters. The van der Waals surface area contributed by atoms with Crippen molar-refractivity contribution < 1.29 is 5.11 Å². The van der Waals surface area contributed by atoms with Gasteiger partial charge in [0.2, 0.25) is 4.96 Å². The zero-order valence-corrected chi connectivity index (χ0v) is 12.3. The molecule has 4 nitrogen and oxygen atoms in total. The van der Waals surface area contributed by atoms with Gasteiger partial charge >= 0.3 is 0 Å². The molecule has 0 bridgehead atoms. The fraction of sp³-hybridized carbons (Fsp3) is 0.385. The van der Waals surface area contributed by atoms with Gasteiger partial charge in [-0.25, -0.2) is 9.50 Å². The molecule has 0 aliphatic heterocycles.